The summed E-state index contributed by atoms with van der Waals surface area (Å²) in [5.74, 6) is -0.260. The van der Waals surface area contributed by atoms with E-state index in [0.717, 1.165) is 54.7 Å². The van der Waals surface area contributed by atoms with E-state index in [2.05, 4.69) is 15.2 Å². The Hall–Kier alpha value is -3.09. The molecule has 2 aromatic carbocycles. The maximum absolute atomic E-state index is 12.9. The Morgan fingerprint density at radius 3 is 2.62 bits per heavy atom. The normalized spacial score (nSPS) is 15.9. The van der Waals surface area contributed by atoms with Gasteiger partial charge in [-0.2, -0.15) is 0 Å². The Morgan fingerprint density at radius 2 is 1.79 bits per heavy atom. The van der Waals surface area contributed by atoms with Crippen molar-refractivity contribution in [1.82, 2.24) is 15.2 Å². The molecule has 0 saturated carbocycles. The molecule has 6 heteroatoms. The second-order valence-electron chi connectivity index (χ2n) is 7.33. The van der Waals surface area contributed by atoms with Crippen LogP contribution in [0.1, 0.15) is 26.4 Å². The molecule has 2 aliphatic rings. The maximum Gasteiger partial charge on any atom is 0.253 e. The van der Waals surface area contributed by atoms with Crippen molar-refractivity contribution in [2.45, 2.75) is 0 Å². The van der Waals surface area contributed by atoms with Gasteiger partial charge in [-0.05, 0) is 16.5 Å². The first-order chi connectivity index (χ1) is 14.2. The second-order valence-corrected chi connectivity index (χ2v) is 7.33. The number of morpholine rings is 1. The highest BCUT2D eigenvalue weighted by atomic mass is 16.5. The Bertz CT molecular complexity index is 1120. The molecule has 3 aromatic rings. The largest absolute Gasteiger partial charge is 0.379 e. The number of amides is 1. The van der Waals surface area contributed by atoms with Crippen LogP contribution in [0.15, 0.2) is 48.7 Å². The minimum absolute atomic E-state index is 0.0939. The van der Waals surface area contributed by atoms with Crippen LogP contribution in [0.4, 0.5) is 0 Å². The van der Waals surface area contributed by atoms with Crippen molar-refractivity contribution in [2.24, 2.45) is 0 Å². The second kappa shape index (κ2) is 7.39. The molecule has 29 heavy (non-hydrogen) atoms. The quantitative estimate of drug-likeness (QED) is 0.583. The van der Waals surface area contributed by atoms with Gasteiger partial charge in [0, 0.05) is 43.3 Å². The van der Waals surface area contributed by atoms with E-state index >= 15 is 0 Å². The first-order valence-electron chi connectivity index (χ1n) is 9.88. The number of benzene rings is 2. The van der Waals surface area contributed by atoms with Crippen molar-refractivity contribution in [3.63, 3.8) is 0 Å². The number of hydrogen-bond donors (Lipinski definition) is 1. The third-order valence-corrected chi connectivity index (χ3v) is 5.65. The lowest BCUT2D eigenvalue weighted by Gasteiger charge is -2.26. The first kappa shape index (κ1) is 18.0. The lowest BCUT2D eigenvalue weighted by Crippen LogP contribution is -2.41. The number of carbonyl (C=O) groups excluding carboxylic acids is 2. The average Bonchev–Trinajstić information content (AvgIpc) is 2.77. The van der Waals surface area contributed by atoms with E-state index in [9.17, 15) is 9.59 Å². The number of aromatic nitrogens is 1. The summed E-state index contributed by atoms with van der Waals surface area (Å²) >= 11 is 0. The Labute approximate surface area is 168 Å². The minimum atomic E-state index is -0.166. The number of rotatable bonds is 4. The van der Waals surface area contributed by atoms with E-state index in [4.69, 9.17) is 4.74 Å². The Kier molecular flexibility index (Phi) is 4.58. The van der Waals surface area contributed by atoms with Gasteiger partial charge < -0.3 is 10.1 Å². The molecule has 0 bridgehead atoms. The van der Waals surface area contributed by atoms with Crippen LogP contribution in [0.25, 0.3) is 21.9 Å². The third kappa shape index (κ3) is 3.10. The molecule has 0 radical (unpaired) electrons. The van der Waals surface area contributed by atoms with Gasteiger partial charge in [-0.1, -0.05) is 42.5 Å². The van der Waals surface area contributed by atoms with Crippen molar-refractivity contribution in [3.05, 3.63) is 65.5 Å². The standard InChI is InChI=1S/C23H21N3O3/c27-22-18-5-2-1-4-15(18)16-6-3-7-17-19(14-25-21(22)20(16)17)23(28)24-8-9-26-10-12-29-13-11-26/h1-7,14H,8-13H2,(H,24,28). The molecule has 0 atom stereocenters. The molecule has 1 aliphatic carbocycles. The van der Waals surface area contributed by atoms with Crippen LogP contribution in [-0.4, -0.2) is 61.0 Å². The molecule has 0 spiro atoms. The topological polar surface area (TPSA) is 71.5 Å². The van der Waals surface area contributed by atoms with Gasteiger partial charge >= 0.3 is 0 Å². The van der Waals surface area contributed by atoms with E-state index in [1.807, 2.05) is 42.5 Å². The smallest absolute Gasteiger partial charge is 0.253 e. The molecule has 6 nitrogen and oxygen atoms in total. The summed E-state index contributed by atoms with van der Waals surface area (Å²) in [5.41, 5.74) is 3.41. The predicted octanol–water partition coefficient (Wildman–Crippen LogP) is 2.51. The molecular weight excluding hydrogens is 366 g/mol. The number of carbonyl (C=O) groups is 2. The summed E-state index contributed by atoms with van der Waals surface area (Å²) in [6.45, 7) is 4.60. The lowest BCUT2D eigenvalue weighted by atomic mass is 9.84. The molecule has 146 valence electrons. The number of pyridine rings is 1. The van der Waals surface area contributed by atoms with Gasteiger partial charge in [0.1, 0.15) is 5.69 Å². The van der Waals surface area contributed by atoms with Crippen molar-refractivity contribution in [1.29, 1.82) is 0 Å². The zero-order chi connectivity index (χ0) is 19.8. The predicted molar refractivity (Wildman–Crippen MR) is 110 cm³/mol. The van der Waals surface area contributed by atoms with Crippen LogP contribution in [0.2, 0.25) is 0 Å². The fourth-order valence-electron chi connectivity index (χ4n) is 4.16. The van der Waals surface area contributed by atoms with Crippen LogP contribution in [0.3, 0.4) is 0 Å². The molecule has 1 saturated heterocycles. The highest BCUT2D eigenvalue weighted by Crippen LogP contribution is 2.39. The SMILES string of the molecule is O=C(NCCN1CCOCC1)c1cnc2c3c(cccc13)-c1ccccc1C2=O. The summed E-state index contributed by atoms with van der Waals surface area (Å²) in [7, 11) is 0. The van der Waals surface area contributed by atoms with Gasteiger partial charge in [-0.25, -0.2) is 0 Å². The number of nitrogens with one attached hydrogen (secondary N) is 1. The van der Waals surface area contributed by atoms with Gasteiger partial charge in [0.25, 0.3) is 5.91 Å². The summed E-state index contributed by atoms with van der Waals surface area (Å²) in [5, 5.41) is 4.52. The Morgan fingerprint density at radius 1 is 1.03 bits per heavy atom. The number of hydrogen-bond acceptors (Lipinski definition) is 5. The van der Waals surface area contributed by atoms with Gasteiger partial charge in [-0.3, -0.25) is 19.5 Å². The first-order valence-corrected chi connectivity index (χ1v) is 9.88. The third-order valence-electron chi connectivity index (χ3n) is 5.65. The molecule has 1 aromatic heterocycles. The molecule has 2 heterocycles. The number of ether oxygens (including phenoxy) is 1. The summed E-state index contributed by atoms with van der Waals surface area (Å²) in [6, 6.07) is 13.4. The number of nitrogens with zero attached hydrogens (tertiary/aromatic N) is 2. The summed E-state index contributed by atoms with van der Waals surface area (Å²) in [4.78, 5) is 32.5. The highest BCUT2D eigenvalue weighted by molar-refractivity contribution is 6.26. The summed E-state index contributed by atoms with van der Waals surface area (Å²) in [6.07, 6.45) is 1.53. The monoisotopic (exact) mass is 387 g/mol. The van der Waals surface area contributed by atoms with Crippen molar-refractivity contribution in [2.75, 3.05) is 39.4 Å². The molecule has 1 fully saturated rings. The van der Waals surface area contributed by atoms with Crippen LogP contribution >= 0.6 is 0 Å². The zero-order valence-electron chi connectivity index (χ0n) is 16.0. The van der Waals surface area contributed by atoms with Gasteiger partial charge in [-0.15, -0.1) is 0 Å². The molecule has 1 N–H and O–H groups in total. The van der Waals surface area contributed by atoms with E-state index in [0.29, 0.717) is 23.4 Å². The summed E-state index contributed by atoms with van der Waals surface area (Å²) < 4.78 is 5.35. The number of fused-ring (bicyclic) bond motifs is 2. The van der Waals surface area contributed by atoms with Crippen LogP contribution in [0, 0.1) is 0 Å². The molecule has 1 aliphatic heterocycles. The van der Waals surface area contributed by atoms with E-state index < -0.39 is 0 Å². The molecular formula is C23H21N3O3. The van der Waals surface area contributed by atoms with Crippen molar-refractivity contribution < 1.29 is 14.3 Å². The van der Waals surface area contributed by atoms with Crippen LogP contribution in [-0.2, 0) is 4.74 Å². The average molecular weight is 387 g/mol. The van der Waals surface area contributed by atoms with Crippen LogP contribution < -0.4 is 5.32 Å². The van der Waals surface area contributed by atoms with E-state index in [1.54, 1.807) is 0 Å². The minimum Gasteiger partial charge on any atom is -0.379 e. The fourth-order valence-corrected chi connectivity index (χ4v) is 4.16. The fraction of sp³-hybridized carbons (Fsp3) is 0.261. The number of ketones is 1. The zero-order valence-corrected chi connectivity index (χ0v) is 16.0. The van der Waals surface area contributed by atoms with E-state index in [1.165, 1.54) is 6.20 Å². The lowest BCUT2D eigenvalue weighted by molar-refractivity contribution is 0.0383. The molecule has 0 unspecified atom stereocenters. The van der Waals surface area contributed by atoms with Gasteiger partial charge in [0.15, 0.2) is 0 Å². The van der Waals surface area contributed by atoms with Crippen molar-refractivity contribution in [3.8, 4) is 11.1 Å². The highest BCUT2D eigenvalue weighted by Gasteiger charge is 2.27. The van der Waals surface area contributed by atoms with Gasteiger partial charge in [0.2, 0.25) is 5.78 Å². The molecule has 1 amide bonds. The van der Waals surface area contributed by atoms with Crippen molar-refractivity contribution >= 4 is 22.5 Å². The Balaban J connectivity index is 1.47. The van der Waals surface area contributed by atoms with Crippen LogP contribution in [0.5, 0.6) is 0 Å². The van der Waals surface area contributed by atoms with E-state index in [-0.39, 0.29) is 11.7 Å². The van der Waals surface area contributed by atoms with Gasteiger partial charge in [0.05, 0.1) is 18.8 Å². The molecule has 5 rings (SSSR count). The maximum atomic E-state index is 12.9.